The van der Waals surface area contributed by atoms with E-state index in [2.05, 4.69) is 14.7 Å². The zero-order valence-electron chi connectivity index (χ0n) is 12.9. The van der Waals surface area contributed by atoms with Gasteiger partial charge in [-0.2, -0.15) is 0 Å². The lowest BCUT2D eigenvalue weighted by Crippen LogP contribution is -2.60. The molecule has 1 aromatic heterocycles. The summed E-state index contributed by atoms with van der Waals surface area (Å²) in [6.07, 6.45) is 2.33. The van der Waals surface area contributed by atoms with E-state index < -0.39 is 31.8 Å². The molecule has 2 rings (SSSR count). The normalized spacial score (nSPS) is 22.4. The Kier molecular flexibility index (Phi) is 4.29. The fraction of sp³-hybridized carbons (Fsp3) is 0.538. The number of esters is 1. The molecule has 2 heterocycles. The van der Waals surface area contributed by atoms with Gasteiger partial charge in [-0.05, 0) is 13.8 Å². The number of hydrogen-bond donors (Lipinski definition) is 1. The molecule has 1 unspecified atom stereocenters. The highest BCUT2D eigenvalue weighted by molar-refractivity contribution is 7.94. The quantitative estimate of drug-likeness (QED) is 0.738. The first-order chi connectivity index (χ1) is 10.6. The van der Waals surface area contributed by atoms with E-state index in [9.17, 15) is 18.0 Å². The van der Waals surface area contributed by atoms with E-state index in [4.69, 9.17) is 5.11 Å². The third-order valence-corrected chi connectivity index (χ3v) is 6.51. The Morgan fingerprint density at radius 2 is 2.00 bits per heavy atom. The summed E-state index contributed by atoms with van der Waals surface area (Å²) in [5.74, 6) is -1.75. The summed E-state index contributed by atoms with van der Waals surface area (Å²) in [7, 11) is -2.60. The molecule has 23 heavy (non-hydrogen) atoms. The van der Waals surface area contributed by atoms with Crippen LogP contribution in [-0.4, -0.2) is 65.6 Å². The number of anilines is 1. The summed E-state index contributed by atoms with van der Waals surface area (Å²) in [4.78, 5) is 32.0. The van der Waals surface area contributed by atoms with Crippen molar-refractivity contribution in [2.24, 2.45) is 0 Å². The lowest BCUT2D eigenvalue weighted by molar-refractivity contribution is -0.140. The van der Waals surface area contributed by atoms with Crippen LogP contribution < -0.4 is 4.90 Å². The molecule has 0 aliphatic carbocycles. The van der Waals surface area contributed by atoms with Crippen LogP contribution in [0.4, 0.5) is 5.82 Å². The third-order valence-electron chi connectivity index (χ3n) is 3.75. The van der Waals surface area contributed by atoms with Gasteiger partial charge in [0.2, 0.25) is 0 Å². The van der Waals surface area contributed by atoms with Crippen molar-refractivity contribution in [2.75, 3.05) is 25.1 Å². The van der Waals surface area contributed by atoms with Crippen LogP contribution in [0, 0.1) is 0 Å². The average molecular weight is 343 g/mol. The maximum absolute atomic E-state index is 12.5. The first-order valence-corrected chi connectivity index (χ1v) is 8.26. The Bertz CT molecular complexity index is 729. The molecule has 1 fully saturated rings. The third kappa shape index (κ3) is 2.98. The molecular weight excluding hydrogens is 326 g/mol. The van der Waals surface area contributed by atoms with E-state index in [1.165, 1.54) is 20.0 Å². The Balaban J connectivity index is 2.38. The van der Waals surface area contributed by atoms with Gasteiger partial charge in [-0.1, -0.05) is 0 Å². The molecular formula is C13H17N3O6S. The number of nitrogens with zero attached hydrogens (tertiary/aromatic N) is 3. The number of aromatic carboxylic acids is 1. The lowest BCUT2D eigenvalue weighted by atomic mass is 10.1. The molecule has 0 amide bonds. The molecule has 0 spiro atoms. The minimum absolute atomic E-state index is 0.101. The van der Waals surface area contributed by atoms with E-state index in [0.717, 1.165) is 13.3 Å². The molecule has 0 radical (unpaired) electrons. The van der Waals surface area contributed by atoms with Crippen LogP contribution in [0.2, 0.25) is 0 Å². The van der Waals surface area contributed by atoms with Crippen molar-refractivity contribution in [3.63, 3.8) is 0 Å². The predicted molar refractivity (Wildman–Crippen MR) is 80.0 cm³/mol. The van der Waals surface area contributed by atoms with Crippen LogP contribution in [0.5, 0.6) is 0 Å². The van der Waals surface area contributed by atoms with Gasteiger partial charge >= 0.3 is 11.9 Å². The maximum atomic E-state index is 12.5. The molecule has 126 valence electrons. The summed E-state index contributed by atoms with van der Waals surface area (Å²) in [5.41, 5.74) is -0.220. The number of rotatable bonds is 3. The standard InChI is InChI=1S/C13H17N3O6S/c1-13(2)7-16(6-9(12(19)22-3)23(13,20)21)10-5-14-8(4-15-10)11(17)18/h4-5,9H,6-7H2,1-3H3,(H,17,18). The number of carbonyl (C=O) groups excluding carboxylic acids is 1. The van der Waals surface area contributed by atoms with Gasteiger partial charge in [-0.15, -0.1) is 0 Å². The van der Waals surface area contributed by atoms with E-state index in [-0.39, 0.29) is 18.8 Å². The highest BCUT2D eigenvalue weighted by Gasteiger charge is 2.51. The van der Waals surface area contributed by atoms with Gasteiger partial charge in [0.15, 0.2) is 20.8 Å². The lowest BCUT2D eigenvalue weighted by Gasteiger charge is -2.41. The highest BCUT2D eigenvalue weighted by Crippen LogP contribution is 2.31. The molecule has 0 aromatic carbocycles. The molecule has 1 aromatic rings. The van der Waals surface area contributed by atoms with Crippen molar-refractivity contribution < 1.29 is 27.9 Å². The first-order valence-electron chi connectivity index (χ1n) is 6.71. The van der Waals surface area contributed by atoms with Gasteiger partial charge in [0.1, 0.15) is 5.82 Å². The number of carbonyl (C=O) groups is 2. The zero-order chi connectivity index (χ0) is 17.4. The van der Waals surface area contributed by atoms with Gasteiger partial charge < -0.3 is 14.7 Å². The molecule has 1 saturated heterocycles. The van der Waals surface area contributed by atoms with Crippen LogP contribution in [-0.2, 0) is 19.4 Å². The number of ether oxygens (including phenoxy) is 1. The minimum Gasteiger partial charge on any atom is -0.476 e. The summed E-state index contributed by atoms with van der Waals surface area (Å²) < 4.78 is 28.4. The summed E-state index contributed by atoms with van der Waals surface area (Å²) >= 11 is 0. The molecule has 1 N–H and O–H groups in total. The Morgan fingerprint density at radius 3 is 2.48 bits per heavy atom. The SMILES string of the molecule is COC(=O)C1CN(c2cnc(C(=O)O)cn2)CC(C)(C)S1(=O)=O. The molecule has 0 bridgehead atoms. The predicted octanol–water partition coefficient (Wildman–Crippen LogP) is -0.270. The molecule has 10 heteroatoms. The zero-order valence-corrected chi connectivity index (χ0v) is 13.7. The summed E-state index contributed by atoms with van der Waals surface area (Å²) in [6.45, 7) is 3.01. The summed E-state index contributed by atoms with van der Waals surface area (Å²) in [6, 6.07) is 0. The van der Waals surface area contributed by atoms with Gasteiger partial charge in [0.05, 0.1) is 24.3 Å². The van der Waals surface area contributed by atoms with Crippen LogP contribution in [0.25, 0.3) is 0 Å². The Hall–Kier alpha value is -2.23. The maximum Gasteiger partial charge on any atom is 0.356 e. The first kappa shape index (κ1) is 17.1. The highest BCUT2D eigenvalue weighted by atomic mass is 32.2. The van der Waals surface area contributed by atoms with E-state index in [0.29, 0.717) is 5.82 Å². The van der Waals surface area contributed by atoms with Crippen LogP contribution in [0.15, 0.2) is 12.4 Å². The van der Waals surface area contributed by atoms with Crippen molar-refractivity contribution in [1.82, 2.24) is 9.97 Å². The molecule has 9 nitrogen and oxygen atoms in total. The average Bonchev–Trinajstić information content (AvgIpc) is 2.49. The van der Waals surface area contributed by atoms with Crippen molar-refractivity contribution in [3.8, 4) is 0 Å². The second-order valence-corrected chi connectivity index (χ2v) is 8.53. The number of aromatic nitrogens is 2. The number of hydrogen-bond acceptors (Lipinski definition) is 8. The van der Waals surface area contributed by atoms with Crippen molar-refractivity contribution in [1.29, 1.82) is 0 Å². The fourth-order valence-electron chi connectivity index (χ4n) is 2.40. The fourth-order valence-corrected chi connectivity index (χ4v) is 4.23. The molecule has 1 aliphatic rings. The van der Waals surface area contributed by atoms with Gasteiger partial charge in [0, 0.05) is 13.1 Å². The second kappa shape index (κ2) is 5.76. The molecule has 0 saturated carbocycles. The van der Waals surface area contributed by atoms with Gasteiger partial charge in [-0.25, -0.2) is 23.2 Å². The smallest absolute Gasteiger partial charge is 0.356 e. The van der Waals surface area contributed by atoms with Crippen molar-refractivity contribution in [3.05, 3.63) is 18.1 Å². The minimum atomic E-state index is -3.73. The van der Waals surface area contributed by atoms with Crippen molar-refractivity contribution in [2.45, 2.75) is 23.8 Å². The molecule has 1 aliphatic heterocycles. The van der Waals surface area contributed by atoms with E-state index in [1.54, 1.807) is 4.90 Å². The Morgan fingerprint density at radius 1 is 1.35 bits per heavy atom. The van der Waals surface area contributed by atoms with Gasteiger partial charge in [0.25, 0.3) is 0 Å². The number of methoxy groups -OCH3 is 1. The monoisotopic (exact) mass is 343 g/mol. The summed E-state index contributed by atoms with van der Waals surface area (Å²) in [5, 5.41) is 7.49. The largest absolute Gasteiger partial charge is 0.476 e. The second-order valence-electron chi connectivity index (χ2n) is 5.76. The Labute approximate surface area is 133 Å². The topological polar surface area (TPSA) is 127 Å². The van der Waals surface area contributed by atoms with Crippen molar-refractivity contribution >= 4 is 27.6 Å². The van der Waals surface area contributed by atoms with E-state index >= 15 is 0 Å². The van der Waals surface area contributed by atoms with E-state index in [1.807, 2.05) is 0 Å². The van der Waals surface area contributed by atoms with Crippen LogP contribution >= 0.6 is 0 Å². The van der Waals surface area contributed by atoms with Crippen LogP contribution in [0.3, 0.4) is 0 Å². The molecule has 1 atom stereocenters. The van der Waals surface area contributed by atoms with Gasteiger partial charge in [-0.3, -0.25) is 4.79 Å². The van der Waals surface area contributed by atoms with Crippen LogP contribution in [0.1, 0.15) is 24.3 Å². The number of sulfone groups is 1. The number of carboxylic acids is 1. The number of carboxylic acid groups (broad SMARTS) is 1.